The highest BCUT2D eigenvalue weighted by atomic mass is 32.2. The molecule has 1 N–H and O–H groups in total. The molecule has 150 valence electrons. The van der Waals surface area contributed by atoms with Crippen LogP contribution in [-0.4, -0.2) is 44.8 Å². The minimum atomic E-state index is -3.62. The lowest BCUT2D eigenvalue weighted by Gasteiger charge is -2.15. The van der Waals surface area contributed by atoms with Crippen LogP contribution >= 0.6 is 0 Å². The molecule has 1 amide bonds. The summed E-state index contributed by atoms with van der Waals surface area (Å²) >= 11 is 0. The Kier molecular flexibility index (Phi) is 6.93. The Morgan fingerprint density at radius 1 is 1.11 bits per heavy atom. The highest BCUT2D eigenvalue weighted by Crippen LogP contribution is 2.18. The molecule has 0 saturated heterocycles. The van der Waals surface area contributed by atoms with E-state index in [1.165, 1.54) is 39.2 Å². The Bertz CT molecular complexity index is 953. The van der Waals surface area contributed by atoms with E-state index in [0.717, 1.165) is 15.4 Å². The van der Waals surface area contributed by atoms with Crippen molar-refractivity contribution < 1.29 is 22.7 Å². The fraction of sp³-hybridized carbons (Fsp3) is 0.300. The monoisotopic (exact) mass is 404 g/mol. The third-order valence-electron chi connectivity index (χ3n) is 4.03. The van der Waals surface area contributed by atoms with Crippen molar-refractivity contribution in [1.29, 1.82) is 0 Å². The van der Waals surface area contributed by atoms with Crippen LogP contribution in [0.25, 0.3) is 0 Å². The van der Waals surface area contributed by atoms with Crippen LogP contribution < -0.4 is 5.32 Å². The third kappa shape index (κ3) is 5.64. The number of sulfonamides is 1. The number of ether oxygens (including phenoxy) is 1. The topological polar surface area (TPSA) is 92.8 Å². The van der Waals surface area contributed by atoms with Gasteiger partial charge in [-0.25, -0.2) is 12.7 Å². The van der Waals surface area contributed by atoms with Gasteiger partial charge in [0.25, 0.3) is 5.91 Å². The summed E-state index contributed by atoms with van der Waals surface area (Å²) in [6.45, 7) is 3.41. The average molecular weight is 404 g/mol. The minimum absolute atomic E-state index is 0.0549. The van der Waals surface area contributed by atoms with Gasteiger partial charge >= 0.3 is 5.97 Å². The molecule has 0 aromatic heterocycles. The number of esters is 1. The molecule has 0 spiro atoms. The Balaban J connectivity index is 1.98. The van der Waals surface area contributed by atoms with Crippen LogP contribution in [0.5, 0.6) is 0 Å². The molecule has 7 nitrogen and oxygen atoms in total. The largest absolute Gasteiger partial charge is 0.452 e. The number of carbonyl (C=O) groups excluding carboxylic acids is 2. The number of carbonyl (C=O) groups is 2. The number of rotatable bonds is 7. The molecule has 0 saturated carbocycles. The van der Waals surface area contributed by atoms with Crippen LogP contribution in [0.2, 0.25) is 0 Å². The quantitative estimate of drug-likeness (QED) is 0.715. The summed E-state index contributed by atoms with van der Waals surface area (Å²) in [5.41, 5.74) is 2.18. The Labute approximate surface area is 165 Å². The first kappa shape index (κ1) is 21.6. The van der Waals surface area contributed by atoms with Crippen molar-refractivity contribution in [3.05, 3.63) is 59.7 Å². The smallest absolute Gasteiger partial charge is 0.311 e. The lowest BCUT2D eigenvalue weighted by atomic mass is 10.1. The molecule has 0 unspecified atom stereocenters. The van der Waals surface area contributed by atoms with Gasteiger partial charge in [0.15, 0.2) is 6.10 Å². The molecule has 2 aromatic carbocycles. The molecule has 0 aliphatic carbocycles. The van der Waals surface area contributed by atoms with Gasteiger partial charge in [-0.3, -0.25) is 9.59 Å². The SMILES string of the molecule is Cc1ccc(CC(=O)O[C@H](C)C(=O)Nc2cccc(S(=O)(=O)N(C)C)c2)cc1. The van der Waals surface area contributed by atoms with E-state index in [9.17, 15) is 18.0 Å². The molecule has 0 aliphatic rings. The van der Waals surface area contributed by atoms with Crippen LogP contribution in [-0.2, 0) is 30.8 Å². The van der Waals surface area contributed by atoms with Gasteiger partial charge in [0.1, 0.15) is 0 Å². The highest BCUT2D eigenvalue weighted by Gasteiger charge is 2.20. The van der Waals surface area contributed by atoms with Crippen molar-refractivity contribution in [2.24, 2.45) is 0 Å². The lowest BCUT2D eigenvalue weighted by molar-refractivity contribution is -0.152. The first-order valence-corrected chi connectivity index (χ1v) is 10.1. The summed E-state index contributed by atoms with van der Waals surface area (Å²) in [4.78, 5) is 24.4. The van der Waals surface area contributed by atoms with Gasteiger partial charge in [0.05, 0.1) is 11.3 Å². The van der Waals surface area contributed by atoms with Crippen LogP contribution in [0, 0.1) is 6.92 Å². The maximum absolute atomic E-state index is 12.3. The van der Waals surface area contributed by atoms with Crippen LogP contribution in [0.1, 0.15) is 18.1 Å². The van der Waals surface area contributed by atoms with Crippen molar-refractivity contribution in [2.45, 2.75) is 31.3 Å². The molecule has 28 heavy (non-hydrogen) atoms. The van der Waals surface area contributed by atoms with Crippen LogP contribution in [0.15, 0.2) is 53.4 Å². The van der Waals surface area contributed by atoms with Crippen molar-refractivity contribution in [3.63, 3.8) is 0 Å². The van der Waals surface area contributed by atoms with Crippen LogP contribution in [0.4, 0.5) is 5.69 Å². The maximum atomic E-state index is 12.3. The number of benzene rings is 2. The Morgan fingerprint density at radius 3 is 2.36 bits per heavy atom. The second kappa shape index (κ2) is 8.99. The number of anilines is 1. The second-order valence-electron chi connectivity index (χ2n) is 6.60. The zero-order valence-electron chi connectivity index (χ0n) is 16.3. The number of nitrogens with one attached hydrogen (secondary N) is 1. The summed E-state index contributed by atoms with van der Waals surface area (Å²) in [5, 5.41) is 2.57. The van der Waals surface area contributed by atoms with Gasteiger partial charge in [0, 0.05) is 19.8 Å². The second-order valence-corrected chi connectivity index (χ2v) is 8.75. The summed E-state index contributed by atoms with van der Waals surface area (Å²) in [7, 11) is -0.762. The normalized spacial score (nSPS) is 12.5. The molecule has 2 aromatic rings. The molecule has 0 heterocycles. The van der Waals surface area contributed by atoms with E-state index < -0.39 is 28.0 Å². The minimum Gasteiger partial charge on any atom is -0.452 e. The summed E-state index contributed by atoms with van der Waals surface area (Å²) in [6, 6.07) is 13.3. The van der Waals surface area contributed by atoms with Crippen LogP contribution in [0.3, 0.4) is 0 Å². The van der Waals surface area contributed by atoms with E-state index in [0.29, 0.717) is 5.69 Å². The summed E-state index contributed by atoms with van der Waals surface area (Å²) in [6.07, 6.45) is -0.957. The zero-order chi connectivity index (χ0) is 20.9. The molecule has 0 bridgehead atoms. The Hall–Kier alpha value is -2.71. The fourth-order valence-corrected chi connectivity index (χ4v) is 3.30. The van der Waals surface area contributed by atoms with Crippen molar-refractivity contribution in [1.82, 2.24) is 4.31 Å². The van der Waals surface area contributed by atoms with E-state index in [-0.39, 0.29) is 11.3 Å². The zero-order valence-corrected chi connectivity index (χ0v) is 17.1. The standard InChI is InChI=1S/C20H24N2O5S/c1-14-8-10-16(11-9-14)12-19(23)27-15(2)20(24)21-17-6-5-7-18(13-17)28(25,26)22(3)4/h5-11,13,15H,12H2,1-4H3,(H,21,24)/t15-/m1/s1. The van der Waals surface area contributed by atoms with Gasteiger partial charge < -0.3 is 10.1 Å². The van der Waals surface area contributed by atoms with E-state index in [1.807, 2.05) is 31.2 Å². The lowest BCUT2D eigenvalue weighted by Crippen LogP contribution is -2.30. The predicted molar refractivity (Wildman–Crippen MR) is 106 cm³/mol. The molecule has 1 atom stereocenters. The molecular weight excluding hydrogens is 380 g/mol. The number of amides is 1. The Morgan fingerprint density at radius 2 is 1.75 bits per heavy atom. The molecule has 0 aliphatic heterocycles. The van der Waals surface area contributed by atoms with Gasteiger partial charge in [-0.2, -0.15) is 0 Å². The van der Waals surface area contributed by atoms with E-state index >= 15 is 0 Å². The number of aryl methyl sites for hydroxylation is 1. The summed E-state index contributed by atoms with van der Waals surface area (Å²) < 4.78 is 30.6. The van der Waals surface area contributed by atoms with Gasteiger partial charge in [-0.15, -0.1) is 0 Å². The van der Waals surface area contributed by atoms with Gasteiger partial charge in [0.2, 0.25) is 10.0 Å². The molecule has 8 heteroatoms. The maximum Gasteiger partial charge on any atom is 0.311 e. The van der Waals surface area contributed by atoms with E-state index in [1.54, 1.807) is 6.07 Å². The molecular formula is C20H24N2O5S. The molecule has 0 radical (unpaired) electrons. The predicted octanol–water partition coefficient (Wildman–Crippen LogP) is 2.36. The average Bonchev–Trinajstić information content (AvgIpc) is 2.63. The number of nitrogens with zero attached hydrogens (tertiary/aromatic N) is 1. The van der Waals surface area contributed by atoms with Gasteiger partial charge in [-0.1, -0.05) is 35.9 Å². The van der Waals surface area contributed by atoms with Crippen molar-refractivity contribution in [3.8, 4) is 0 Å². The first-order valence-electron chi connectivity index (χ1n) is 8.68. The molecule has 0 fully saturated rings. The number of hydrogen-bond donors (Lipinski definition) is 1. The summed E-state index contributed by atoms with van der Waals surface area (Å²) in [5.74, 6) is -1.06. The third-order valence-corrected chi connectivity index (χ3v) is 5.84. The van der Waals surface area contributed by atoms with E-state index in [2.05, 4.69) is 5.32 Å². The molecule has 2 rings (SSSR count). The van der Waals surface area contributed by atoms with Crippen molar-refractivity contribution in [2.75, 3.05) is 19.4 Å². The number of hydrogen-bond acceptors (Lipinski definition) is 5. The van der Waals surface area contributed by atoms with E-state index in [4.69, 9.17) is 4.74 Å². The highest BCUT2D eigenvalue weighted by molar-refractivity contribution is 7.89. The van der Waals surface area contributed by atoms with Gasteiger partial charge in [-0.05, 0) is 37.6 Å². The first-order chi connectivity index (χ1) is 13.1. The van der Waals surface area contributed by atoms with Crippen molar-refractivity contribution >= 4 is 27.6 Å². The fourth-order valence-electron chi connectivity index (χ4n) is 2.35.